The topological polar surface area (TPSA) is 15.3 Å². The Hall–Kier alpha value is -1.87. The molecule has 3 rings (SSSR count). The van der Waals surface area contributed by atoms with Crippen LogP contribution in [0.3, 0.4) is 0 Å². The van der Waals surface area contributed by atoms with E-state index >= 15 is 0 Å². The molecule has 0 aliphatic carbocycles. The Balaban J connectivity index is 1.81. The molecule has 0 bridgehead atoms. The lowest BCUT2D eigenvalue weighted by molar-refractivity contribution is 0.466. The summed E-state index contributed by atoms with van der Waals surface area (Å²) >= 11 is 0. The Bertz CT molecular complexity index is 541. The van der Waals surface area contributed by atoms with Crippen LogP contribution in [-0.2, 0) is 0 Å². The van der Waals surface area contributed by atoms with Crippen LogP contribution >= 0.6 is 0 Å². The number of hydrogen-bond donors (Lipinski definition) is 1. The van der Waals surface area contributed by atoms with Gasteiger partial charge in [0.15, 0.2) is 0 Å². The van der Waals surface area contributed by atoms with E-state index in [-0.39, 0.29) is 11.9 Å². The van der Waals surface area contributed by atoms with Crippen molar-refractivity contribution in [2.75, 3.05) is 24.5 Å². The van der Waals surface area contributed by atoms with Gasteiger partial charge in [0, 0.05) is 25.7 Å². The van der Waals surface area contributed by atoms with Gasteiger partial charge in [-0.25, -0.2) is 4.39 Å². The Morgan fingerprint density at radius 3 is 2.53 bits per heavy atom. The number of anilines is 1. The first-order valence-corrected chi connectivity index (χ1v) is 6.62. The summed E-state index contributed by atoms with van der Waals surface area (Å²) in [4.78, 5) is 2.11. The van der Waals surface area contributed by atoms with E-state index in [2.05, 4.69) is 22.3 Å². The molecule has 1 aliphatic rings. The minimum atomic E-state index is -0.142. The second-order valence-corrected chi connectivity index (χ2v) is 4.81. The maximum absolute atomic E-state index is 13.8. The molecule has 2 aromatic rings. The first kappa shape index (κ1) is 12.2. The fourth-order valence-corrected chi connectivity index (χ4v) is 2.59. The van der Waals surface area contributed by atoms with Crippen LogP contribution in [0.15, 0.2) is 54.6 Å². The minimum Gasteiger partial charge on any atom is -0.366 e. The molecule has 1 saturated heterocycles. The zero-order valence-corrected chi connectivity index (χ0v) is 10.7. The zero-order chi connectivity index (χ0) is 13.1. The van der Waals surface area contributed by atoms with Crippen LogP contribution in [0, 0.1) is 5.82 Å². The van der Waals surface area contributed by atoms with Gasteiger partial charge in [0.2, 0.25) is 0 Å². The molecule has 98 valence electrons. The number of para-hydroxylation sites is 1. The van der Waals surface area contributed by atoms with E-state index in [4.69, 9.17) is 0 Å². The van der Waals surface area contributed by atoms with Crippen molar-refractivity contribution in [1.82, 2.24) is 5.32 Å². The number of nitrogens with zero attached hydrogens (tertiary/aromatic N) is 1. The molecule has 2 nitrogen and oxygen atoms in total. The Morgan fingerprint density at radius 1 is 1.00 bits per heavy atom. The lowest BCUT2D eigenvalue weighted by Crippen LogP contribution is -2.46. The monoisotopic (exact) mass is 256 g/mol. The van der Waals surface area contributed by atoms with Crippen LogP contribution in [-0.4, -0.2) is 19.6 Å². The highest BCUT2D eigenvalue weighted by atomic mass is 19.1. The average molecular weight is 256 g/mol. The molecule has 0 saturated carbocycles. The number of benzene rings is 2. The van der Waals surface area contributed by atoms with Gasteiger partial charge in [-0.05, 0) is 17.7 Å². The van der Waals surface area contributed by atoms with Crippen molar-refractivity contribution in [3.63, 3.8) is 0 Å². The average Bonchev–Trinajstić information content (AvgIpc) is 2.49. The van der Waals surface area contributed by atoms with Gasteiger partial charge in [0.05, 0.1) is 5.69 Å². The van der Waals surface area contributed by atoms with Crippen molar-refractivity contribution >= 4 is 5.69 Å². The lowest BCUT2D eigenvalue weighted by atomic mass is 10.0. The van der Waals surface area contributed by atoms with E-state index in [9.17, 15) is 4.39 Å². The summed E-state index contributed by atoms with van der Waals surface area (Å²) in [6.07, 6.45) is 0. The standard InChI is InChI=1S/C16H17FN2/c17-14-8-4-5-9-16(14)19-11-10-18-15(12-19)13-6-2-1-3-7-13/h1-9,15,18H,10-12H2. The third kappa shape index (κ3) is 2.61. The van der Waals surface area contributed by atoms with Crippen molar-refractivity contribution in [3.8, 4) is 0 Å². The van der Waals surface area contributed by atoms with E-state index in [1.807, 2.05) is 30.3 Å². The number of hydrogen-bond acceptors (Lipinski definition) is 2. The van der Waals surface area contributed by atoms with Crippen LogP contribution in [0.2, 0.25) is 0 Å². The fraction of sp³-hybridized carbons (Fsp3) is 0.250. The predicted molar refractivity (Wildman–Crippen MR) is 75.8 cm³/mol. The first-order valence-electron chi connectivity index (χ1n) is 6.62. The second kappa shape index (κ2) is 5.41. The van der Waals surface area contributed by atoms with Gasteiger partial charge < -0.3 is 10.2 Å². The van der Waals surface area contributed by atoms with E-state index in [1.54, 1.807) is 6.07 Å². The molecule has 1 atom stereocenters. The molecule has 1 fully saturated rings. The quantitative estimate of drug-likeness (QED) is 0.888. The third-order valence-corrected chi connectivity index (χ3v) is 3.57. The molecule has 1 unspecified atom stereocenters. The number of nitrogens with one attached hydrogen (secondary N) is 1. The molecule has 1 aliphatic heterocycles. The van der Waals surface area contributed by atoms with Crippen LogP contribution in [0.5, 0.6) is 0 Å². The molecule has 0 amide bonds. The SMILES string of the molecule is Fc1ccccc1N1CCNC(c2ccccc2)C1. The fourth-order valence-electron chi connectivity index (χ4n) is 2.59. The van der Waals surface area contributed by atoms with Crippen LogP contribution < -0.4 is 10.2 Å². The largest absolute Gasteiger partial charge is 0.366 e. The van der Waals surface area contributed by atoms with E-state index < -0.39 is 0 Å². The maximum Gasteiger partial charge on any atom is 0.146 e. The number of piperazine rings is 1. The molecule has 1 N–H and O–H groups in total. The molecular formula is C16H17FN2. The van der Waals surface area contributed by atoms with E-state index in [0.717, 1.165) is 19.6 Å². The smallest absolute Gasteiger partial charge is 0.146 e. The summed E-state index contributed by atoms with van der Waals surface area (Å²) < 4.78 is 13.8. The van der Waals surface area contributed by atoms with Crippen molar-refractivity contribution in [2.45, 2.75) is 6.04 Å². The zero-order valence-electron chi connectivity index (χ0n) is 10.7. The molecular weight excluding hydrogens is 239 g/mol. The molecule has 0 spiro atoms. The lowest BCUT2D eigenvalue weighted by Gasteiger charge is -2.35. The van der Waals surface area contributed by atoms with Crippen molar-refractivity contribution in [3.05, 3.63) is 66.0 Å². The summed E-state index contributed by atoms with van der Waals surface area (Å²) in [6.45, 7) is 2.50. The van der Waals surface area contributed by atoms with Crippen molar-refractivity contribution in [1.29, 1.82) is 0 Å². The Kier molecular flexibility index (Phi) is 3.47. The Morgan fingerprint density at radius 2 is 1.74 bits per heavy atom. The van der Waals surface area contributed by atoms with Gasteiger partial charge in [0.1, 0.15) is 5.82 Å². The van der Waals surface area contributed by atoms with E-state index in [1.165, 1.54) is 11.6 Å². The highest BCUT2D eigenvalue weighted by Gasteiger charge is 2.22. The van der Waals surface area contributed by atoms with Crippen LogP contribution in [0.25, 0.3) is 0 Å². The van der Waals surface area contributed by atoms with Crippen molar-refractivity contribution < 1.29 is 4.39 Å². The van der Waals surface area contributed by atoms with Gasteiger partial charge >= 0.3 is 0 Å². The summed E-state index contributed by atoms with van der Waals surface area (Å²) in [5.74, 6) is -0.142. The number of halogens is 1. The summed E-state index contributed by atoms with van der Waals surface area (Å²) in [7, 11) is 0. The normalized spacial score (nSPS) is 19.4. The summed E-state index contributed by atoms with van der Waals surface area (Å²) in [5, 5.41) is 3.49. The van der Waals surface area contributed by atoms with E-state index in [0.29, 0.717) is 5.69 Å². The molecule has 3 heteroatoms. The van der Waals surface area contributed by atoms with Crippen LogP contribution in [0.1, 0.15) is 11.6 Å². The number of rotatable bonds is 2. The third-order valence-electron chi connectivity index (χ3n) is 3.57. The Labute approximate surface area is 112 Å². The summed E-state index contributed by atoms with van der Waals surface area (Å²) in [5.41, 5.74) is 1.95. The maximum atomic E-state index is 13.8. The van der Waals surface area contributed by atoms with Gasteiger partial charge in [-0.3, -0.25) is 0 Å². The highest BCUT2D eigenvalue weighted by Crippen LogP contribution is 2.24. The molecule has 0 radical (unpaired) electrons. The molecule has 1 heterocycles. The van der Waals surface area contributed by atoms with Gasteiger partial charge in [-0.2, -0.15) is 0 Å². The van der Waals surface area contributed by atoms with Crippen molar-refractivity contribution in [2.24, 2.45) is 0 Å². The molecule has 2 aromatic carbocycles. The molecule has 0 aromatic heterocycles. The molecule has 19 heavy (non-hydrogen) atoms. The van der Waals surface area contributed by atoms with Crippen LogP contribution in [0.4, 0.5) is 10.1 Å². The first-order chi connectivity index (χ1) is 9.34. The van der Waals surface area contributed by atoms with Gasteiger partial charge in [0.25, 0.3) is 0 Å². The van der Waals surface area contributed by atoms with Gasteiger partial charge in [-0.15, -0.1) is 0 Å². The predicted octanol–water partition coefficient (Wildman–Crippen LogP) is 2.98. The summed E-state index contributed by atoms with van der Waals surface area (Å²) in [6, 6.07) is 17.6. The highest BCUT2D eigenvalue weighted by molar-refractivity contribution is 5.48. The minimum absolute atomic E-state index is 0.142. The second-order valence-electron chi connectivity index (χ2n) is 4.81. The van der Waals surface area contributed by atoms with Gasteiger partial charge in [-0.1, -0.05) is 42.5 Å².